The molecular formula is C14H18N4O2. The Kier molecular flexibility index (Phi) is 3.17. The second-order valence-electron chi connectivity index (χ2n) is 5.31. The maximum absolute atomic E-state index is 10.4. The summed E-state index contributed by atoms with van der Waals surface area (Å²) in [6.07, 6.45) is 3.70. The molecule has 3 rings (SSSR count). The molecular weight excluding hydrogens is 256 g/mol. The van der Waals surface area contributed by atoms with Gasteiger partial charge in [-0.25, -0.2) is 4.98 Å². The minimum Gasteiger partial charge on any atom is -0.380 e. The van der Waals surface area contributed by atoms with Crippen LogP contribution in [0.3, 0.4) is 0 Å². The fourth-order valence-corrected chi connectivity index (χ4v) is 2.18. The van der Waals surface area contributed by atoms with Crippen LogP contribution in [0.25, 0.3) is 11.4 Å². The Labute approximate surface area is 117 Å². The number of hydrogen-bond acceptors (Lipinski definition) is 6. The smallest absolute Gasteiger partial charge is 0.258 e. The number of nitrogens with one attached hydrogen (secondary N) is 1. The quantitative estimate of drug-likeness (QED) is 0.869. The lowest BCUT2D eigenvalue weighted by atomic mass is 10.0. The molecule has 0 amide bonds. The van der Waals surface area contributed by atoms with Gasteiger partial charge in [-0.3, -0.25) is 0 Å². The summed E-state index contributed by atoms with van der Waals surface area (Å²) >= 11 is 0. The van der Waals surface area contributed by atoms with Crippen molar-refractivity contribution in [1.82, 2.24) is 15.1 Å². The van der Waals surface area contributed by atoms with Crippen LogP contribution in [0.1, 0.15) is 32.6 Å². The van der Waals surface area contributed by atoms with E-state index in [1.807, 2.05) is 19.1 Å². The van der Waals surface area contributed by atoms with Gasteiger partial charge in [-0.1, -0.05) is 5.16 Å². The van der Waals surface area contributed by atoms with Crippen LogP contribution in [0, 0.1) is 5.92 Å². The Morgan fingerprint density at radius 3 is 2.85 bits per heavy atom. The van der Waals surface area contributed by atoms with E-state index in [4.69, 9.17) is 4.52 Å². The third kappa shape index (κ3) is 2.38. The highest BCUT2D eigenvalue weighted by molar-refractivity contribution is 5.55. The highest BCUT2D eigenvalue weighted by atomic mass is 16.5. The van der Waals surface area contributed by atoms with E-state index >= 15 is 0 Å². The van der Waals surface area contributed by atoms with Crippen molar-refractivity contribution in [2.45, 2.75) is 32.3 Å². The standard InChI is InChI=1S/C14H18N4O2/c1-3-15-11-7-4-9(8-16-11)12-17-13(20-18-12)14(2,19)10-5-6-10/h4,7-8,10,19H,3,5-6H2,1-2H3,(H,15,16). The monoisotopic (exact) mass is 274 g/mol. The van der Waals surface area contributed by atoms with E-state index in [1.54, 1.807) is 13.1 Å². The predicted octanol–water partition coefficient (Wildman–Crippen LogP) is 2.18. The first-order valence-corrected chi connectivity index (χ1v) is 6.88. The first-order valence-electron chi connectivity index (χ1n) is 6.88. The number of nitrogens with zero attached hydrogens (tertiary/aromatic N) is 3. The van der Waals surface area contributed by atoms with Crippen molar-refractivity contribution in [3.05, 3.63) is 24.2 Å². The van der Waals surface area contributed by atoms with Gasteiger partial charge >= 0.3 is 0 Å². The summed E-state index contributed by atoms with van der Waals surface area (Å²) < 4.78 is 5.21. The molecule has 2 heterocycles. The number of anilines is 1. The molecule has 6 nitrogen and oxygen atoms in total. The van der Waals surface area contributed by atoms with Crippen molar-refractivity contribution in [2.24, 2.45) is 5.92 Å². The predicted molar refractivity (Wildman–Crippen MR) is 74.0 cm³/mol. The molecule has 2 N–H and O–H groups in total. The molecule has 1 unspecified atom stereocenters. The number of aromatic nitrogens is 3. The summed E-state index contributed by atoms with van der Waals surface area (Å²) in [7, 11) is 0. The number of aliphatic hydroxyl groups is 1. The molecule has 1 aliphatic carbocycles. The van der Waals surface area contributed by atoms with Gasteiger partial charge in [0, 0.05) is 18.3 Å². The summed E-state index contributed by atoms with van der Waals surface area (Å²) in [5, 5.41) is 17.4. The van der Waals surface area contributed by atoms with E-state index in [1.165, 1.54) is 0 Å². The van der Waals surface area contributed by atoms with Crippen molar-refractivity contribution in [2.75, 3.05) is 11.9 Å². The molecule has 2 aromatic heterocycles. The summed E-state index contributed by atoms with van der Waals surface area (Å²) in [4.78, 5) is 8.57. The Hall–Kier alpha value is -1.95. The zero-order chi connectivity index (χ0) is 14.2. The molecule has 2 aromatic rings. The summed E-state index contributed by atoms with van der Waals surface area (Å²) in [6.45, 7) is 4.57. The zero-order valence-electron chi connectivity index (χ0n) is 11.6. The van der Waals surface area contributed by atoms with Crippen molar-refractivity contribution in [3.8, 4) is 11.4 Å². The summed E-state index contributed by atoms with van der Waals surface area (Å²) in [6, 6.07) is 3.75. The normalized spacial score (nSPS) is 17.8. The number of hydrogen-bond donors (Lipinski definition) is 2. The molecule has 1 atom stereocenters. The molecule has 0 radical (unpaired) electrons. The number of rotatable bonds is 5. The molecule has 1 saturated carbocycles. The van der Waals surface area contributed by atoms with Gasteiger partial charge in [-0.2, -0.15) is 4.98 Å². The fourth-order valence-electron chi connectivity index (χ4n) is 2.18. The first kappa shape index (κ1) is 13.1. The lowest BCUT2D eigenvalue weighted by Gasteiger charge is -2.16. The third-order valence-electron chi connectivity index (χ3n) is 3.61. The maximum atomic E-state index is 10.4. The van der Waals surface area contributed by atoms with Crippen LogP contribution < -0.4 is 5.32 Å². The summed E-state index contributed by atoms with van der Waals surface area (Å²) in [5.41, 5.74) is -0.254. The van der Waals surface area contributed by atoms with E-state index < -0.39 is 5.60 Å². The van der Waals surface area contributed by atoms with E-state index in [9.17, 15) is 5.11 Å². The molecule has 0 spiro atoms. The molecule has 0 bridgehead atoms. The highest BCUT2D eigenvalue weighted by Crippen LogP contribution is 2.45. The largest absolute Gasteiger partial charge is 0.380 e. The average Bonchev–Trinajstić information content (AvgIpc) is 3.18. The summed E-state index contributed by atoms with van der Waals surface area (Å²) in [5.74, 6) is 1.78. The van der Waals surface area contributed by atoms with E-state index in [0.29, 0.717) is 5.82 Å². The minimum atomic E-state index is -1.03. The molecule has 0 aliphatic heterocycles. The van der Waals surface area contributed by atoms with Crippen LogP contribution in [0.2, 0.25) is 0 Å². The number of pyridine rings is 1. The van der Waals surface area contributed by atoms with Crippen molar-refractivity contribution in [1.29, 1.82) is 0 Å². The van der Waals surface area contributed by atoms with E-state index in [2.05, 4.69) is 20.4 Å². The minimum absolute atomic E-state index is 0.227. The molecule has 1 fully saturated rings. The lowest BCUT2D eigenvalue weighted by molar-refractivity contribution is 0.000916. The van der Waals surface area contributed by atoms with E-state index in [-0.39, 0.29) is 11.8 Å². The van der Waals surface area contributed by atoms with Gasteiger partial charge in [0.25, 0.3) is 5.89 Å². The van der Waals surface area contributed by atoms with Gasteiger partial charge < -0.3 is 14.9 Å². The second kappa shape index (κ2) is 4.86. The van der Waals surface area contributed by atoms with Crippen LogP contribution >= 0.6 is 0 Å². The molecule has 0 aromatic carbocycles. The Balaban J connectivity index is 1.82. The first-order chi connectivity index (χ1) is 9.61. The topological polar surface area (TPSA) is 84.1 Å². The SMILES string of the molecule is CCNc1ccc(-c2noc(C(C)(O)C3CC3)n2)cn1. The van der Waals surface area contributed by atoms with Gasteiger partial charge in [0.2, 0.25) is 5.82 Å². The second-order valence-corrected chi connectivity index (χ2v) is 5.31. The van der Waals surface area contributed by atoms with Gasteiger partial charge in [0.05, 0.1) is 0 Å². The Morgan fingerprint density at radius 2 is 2.25 bits per heavy atom. The zero-order valence-corrected chi connectivity index (χ0v) is 11.6. The Bertz CT molecular complexity index is 587. The van der Waals surface area contributed by atoms with Crippen LogP contribution in [0.5, 0.6) is 0 Å². The maximum Gasteiger partial charge on any atom is 0.258 e. The molecule has 20 heavy (non-hydrogen) atoms. The Morgan fingerprint density at radius 1 is 1.45 bits per heavy atom. The van der Waals surface area contributed by atoms with Crippen LogP contribution in [-0.4, -0.2) is 26.8 Å². The molecule has 1 aliphatic rings. The molecule has 0 saturated heterocycles. The van der Waals surface area contributed by atoms with Crippen LogP contribution in [0.15, 0.2) is 22.9 Å². The third-order valence-corrected chi connectivity index (χ3v) is 3.61. The van der Waals surface area contributed by atoms with Gasteiger partial charge in [-0.15, -0.1) is 0 Å². The van der Waals surface area contributed by atoms with Gasteiger partial charge in [0.15, 0.2) is 0 Å². The fraction of sp³-hybridized carbons (Fsp3) is 0.500. The molecule has 106 valence electrons. The lowest BCUT2D eigenvalue weighted by Crippen LogP contribution is -2.24. The van der Waals surface area contributed by atoms with Crippen molar-refractivity contribution in [3.63, 3.8) is 0 Å². The van der Waals surface area contributed by atoms with Gasteiger partial charge in [-0.05, 0) is 44.7 Å². The molecule has 6 heteroatoms. The van der Waals surface area contributed by atoms with Crippen molar-refractivity contribution < 1.29 is 9.63 Å². The highest BCUT2D eigenvalue weighted by Gasteiger charge is 2.45. The van der Waals surface area contributed by atoms with Crippen molar-refractivity contribution >= 4 is 5.82 Å². The van der Waals surface area contributed by atoms with Crippen LogP contribution in [0.4, 0.5) is 5.82 Å². The van der Waals surface area contributed by atoms with E-state index in [0.717, 1.165) is 30.8 Å². The van der Waals surface area contributed by atoms with Crippen LogP contribution in [-0.2, 0) is 5.60 Å². The average molecular weight is 274 g/mol. The van der Waals surface area contributed by atoms with Gasteiger partial charge in [0.1, 0.15) is 11.4 Å².